The first-order chi connectivity index (χ1) is 14.7. The molecule has 0 unspecified atom stereocenters. The van der Waals surface area contributed by atoms with Crippen LogP contribution in [0.25, 0.3) is 11.2 Å². The highest BCUT2D eigenvalue weighted by atomic mass is 16.5. The number of rotatable bonds is 8. The van der Waals surface area contributed by atoms with Crippen molar-refractivity contribution in [1.29, 1.82) is 0 Å². The number of ether oxygens (including phenoxy) is 1. The topological polar surface area (TPSA) is 102 Å². The van der Waals surface area contributed by atoms with Gasteiger partial charge in [0.25, 0.3) is 5.56 Å². The molecule has 3 heterocycles. The summed E-state index contributed by atoms with van der Waals surface area (Å²) in [7, 11) is 0. The molecule has 9 nitrogen and oxygen atoms in total. The Labute approximate surface area is 182 Å². The van der Waals surface area contributed by atoms with E-state index in [1.54, 1.807) is 4.57 Å². The van der Waals surface area contributed by atoms with Crippen LogP contribution in [0.2, 0.25) is 0 Å². The molecule has 1 saturated heterocycles. The number of carbonyl (C=O) groups excluding carboxylic acids is 1. The molecule has 0 bridgehead atoms. The largest absolute Gasteiger partial charge is 0.372 e. The summed E-state index contributed by atoms with van der Waals surface area (Å²) in [6, 6.07) is 0. The smallest absolute Gasteiger partial charge is 0.330 e. The highest BCUT2D eigenvalue weighted by Gasteiger charge is 2.26. The fraction of sp³-hybridized carbons (Fsp3) is 0.727. The summed E-state index contributed by atoms with van der Waals surface area (Å²) in [4.78, 5) is 46.9. The highest BCUT2D eigenvalue weighted by Crippen LogP contribution is 2.18. The van der Waals surface area contributed by atoms with E-state index in [1.807, 2.05) is 23.3 Å². The van der Waals surface area contributed by atoms with Crippen LogP contribution in [0, 0.1) is 5.92 Å². The molecule has 1 aliphatic heterocycles. The van der Waals surface area contributed by atoms with Gasteiger partial charge in [0.15, 0.2) is 11.2 Å². The average molecular weight is 434 g/mol. The van der Waals surface area contributed by atoms with Crippen molar-refractivity contribution in [3.8, 4) is 0 Å². The molecule has 0 aliphatic carbocycles. The van der Waals surface area contributed by atoms with E-state index in [0.717, 1.165) is 12.8 Å². The Morgan fingerprint density at radius 3 is 2.48 bits per heavy atom. The lowest BCUT2D eigenvalue weighted by atomic mass is 10.2. The second-order valence-electron chi connectivity index (χ2n) is 9.03. The van der Waals surface area contributed by atoms with E-state index in [9.17, 15) is 14.4 Å². The van der Waals surface area contributed by atoms with Crippen molar-refractivity contribution in [1.82, 2.24) is 24.0 Å². The fourth-order valence-corrected chi connectivity index (χ4v) is 4.25. The summed E-state index contributed by atoms with van der Waals surface area (Å²) in [6.07, 6.45) is 2.51. The zero-order valence-corrected chi connectivity index (χ0v) is 19.3. The predicted molar refractivity (Wildman–Crippen MR) is 119 cm³/mol. The molecule has 2 atom stereocenters. The molecular weight excluding hydrogens is 398 g/mol. The number of aromatic amines is 1. The van der Waals surface area contributed by atoms with Gasteiger partial charge in [0.2, 0.25) is 5.91 Å². The third-order valence-corrected chi connectivity index (χ3v) is 5.58. The van der Waals surface area contributed by atoms with Gasteiger partial charge < -0.3 is 14.2 Å². The number of amides is 1. The molecular formula is C22H35N5O4. The Hall–Kier alpha value is -2.42. The second-order valence-corrected chi connectivity index (χ2v) is 9.03. The van der Waals surface area contributed by atoms with Crippen LogP contribution in [-0.2, 0) is 29.0 Å². The monoisotopic (exact) mass is 433 g/mol. The van der Waals surface area contributed by atoms with Gasteiger partial charge in [-0.05, 0) is 26.2 Å². The van der Waals surface area contributed by atoms with E-state index < -0.39 is 11.2 Å². The number of aromatic nitrogens is 4. The zero-order valence-electron chi connectivity index (χ0n) is 19.3. The van der Waals surface area contributed by atoms with Gasteiger partial charge in [0, 0.05) is 39.0 Å². The molecule has 2 aromatic heterocycles. The van der Waals surface area contributed by atoms with Gasteiger partial charge in [0.1, 0.15) is 5.82 Å². The molecule has 0 saturated carbocycles. The minimum atomic E-state index is -0.431. The second kappa shape index (κ2) is 9.80. The average Bonchev–Trinajstić information content (AvgIpc) is 3.03. The van der Waals surface area contributed by atoms with Crippen molar-refractivity contribution >= 4 is 17.1 Å². The van der Waals surface area contributed by atoms with E-state index in [-0.39, 0.29) is 24.0 Å². The molecule has 1 amide bonds. The highest BCUT2D eigenvalue weighted by molar-refractivity contribution is 5.77. The number of unbranched alkanes of at least 4 members (excludes halogenated alkanes) is 1. The lowest BCUT2D eigenvalue weighted by Crippen LogP contribution is -2.48. The van der Waals surface area contributed by atoms with E-state index >= 15 is 0 Å². The summed E-state index contributed by atoms with van der Waals surface area (Å²) in [5.74, 6) is 1.01. The SMILES string of the molecule is CCCCn1c(=O)[nH]c(=O)c2c1nc(CCC(=O)N1C[C@H](C)O[C@@H](C)C1)n2CC(C)C. The van der Waals surface area contributed by atoms with Gasteiger partial charge in [-0.15, -0.1) is 0 Å². The number of fused-ring (bicyclic) bond motifs is 1. The molecule has 31 heavy (non-hydrogen) atoms. The Morgan fingerprint density at radius 1 is 1.19 bits per heavy atom. The van der Waals surface area contributed by atoms with Crippen LogP contribution in [0.5, 0.6) is 0 Å². The van der Waals surface area contributed by atoms with Crippen LogP contribution >= 0.6 is 0 Å². The van der Waals surface area contributed by atoms with Crippen LogP contribution in [0.15, 0.2) is 9.59 Å². The van der Waals surface area contributed by atoms with Gasteiger partial charge in [-0.1, -0.05) is 27.2 Å². The number of nitrogens with zero attached hydrogens (tertiary/aromatic N) is 4. The molecule has 0 spiro atoms. The summed E-state index contributed by atoms with van der Waals surface area (Å²) in [5.41, 5.74) is -0.0206. The lowest BCUT2D eigenvalue weighted by Gasteiger charge is -2.35. The number of hydrogen-bond donors (Lipinski definition) is 1. The van der Waals surface area contributed by atoms with Crippen molar-refractivity contribution in [2.24, 2.45) is 5.92 Å². The van der Waals surface area contributed by atoms with Gasteiger partial charge in [-0.25, -0.2) is 9.78 Å². The lowest BCUT2D eigenvalue weighted by molar-refractivity contribution is -0.143. The Bertz CT molecular complexity index is 1020. The van der Waals surface area contributed by atoms with Gasteiger partial charge in [-0.2, -0.15) is 0 Å². The number of morpholine rings is 1. The van der Waals surface area contributed by atoms with Crippen LogP contribution in [-0.4, -0.2) is 55.2 Å². The molecule has 1 aliphatic rings. The number of carbonyl (C=O) groups is 1. The maximum atomic E-state index is 12.9. The quantitative estimate of drug-likeness (QED) is 0.685. The minimum absolute atomic E-state index is 0.0183. The maximum Gasteiger partial charge on any atom is 0.330 e. The standard InChI is InChI=1S/C22H35N5O4/c1-6-7-10-26-20-19(21(29)24-22(26)30)27(11-14(2)3)17(23-20)8-9-18(28)25-12-15(4)31-16(5)13-25/h14-16H,6-13H2,1-5H3,(H,24,29,30)/t15-,16-/m0/s1. The van der Waals surface area contributed by atoms with Crippen LogP contribution < -0.4 is 11.2 Å². The van der Waals surface area contributed by atoms with E-state index in [2.05, 4.69) is 25.8 Å². The van der Waals surface area contributed by atoms with E-state index in [1.165, 1.54) is 0 Å². The molecule has 9 heteroatoms. The van der Waals surface area contributed by atoms with Crippen molar-refractivity contribution in [2.75, 3.05) is 13.1 Å². The minimum Gasteiger partial charge on any atom is -0.372 e. The van der Waals surface area contributed by atoms with E-state index in [0.29, 0.717) is 56.0 Å². The molecule has 0 radical (unpaired) electrons. The first kappa shape index (κ1) is 23.2. The van der Waals surface area contributed by atoms with Crippen LogP contribution in [0.1, 0.15) is 59.7 Å². The van der Waals surface area contributed by atoms with Crippen LogP contribution in [0.4, 0.5) is 0 Å². The van der Waals surface area contributed by atoms with Crippen LogP contribution in [0.3, 0.4) is 0 Å². The summed E-state index contributed by atoms with van der Waals surface area (Å²) in [6.45, 7) is 12.4. The fourth-order valence-electron chi connectivity index (χ4n) is 4.25. The Morgan fingerprint density at radius 2 is 1.87 bits per heavy atom. The van der Waals surface area contributed by atoms with Crippen molar-refractivity contribution in [3.05, 3.63) is 26.7 Å². The van der Waals surface area contributed by atoms with E-state index in [4.69, 9.17) is 9.72 Å². The summed E-state index contributed by atoms with van der Waals surface area (Å²) in [5, 5.41) is 0. The number of hydrogen-bond acceptors (Lipinski definition) is 5. The van der Waals surface area contributed by atoms with Gasteiger partial charge in [-0.3, -0.25) is 19.1 Å². The van der Waals surface area contributed by atoms with Gasteiger partial charge >= 0.3 is 5.69 Å². The molecule has 2 aromatic rings. The normalized spacial score (nSPS) is 19.5. The number of H-pyrrole nitrogens is 1. The predicted octanol–water partition coefficient (Wildman–Crippen LogP) is 1.91. The number of aryl methyl sites for hydroxylation is 2. The first-order valence-electron chi connectivity index (χ1n) is 11.4. The van der Waals surface area contributed by atoms with Crippen molar-refractivity contribution in [2.45, 2.75) is 85.6 Å². The van der Waals surface area contributed by atoms with Gasteiger partial charge in [0.05, 0.1) is 12.2 Å². The van der Waals surface area contributed by atoms with Crippen molar-refractivity contribution in [3.63, 3.8) is 0 Å². The summed E-state index contributed by atoms with van der Waals surface area (Å²) < 4.78 is 9.16. The third kappa shape index (κ3) is 5.26. The zero-order chi connectivity index (χ0) is 22.7. The third-order valence-electron chi connectivity index (χ3n) is 5.58. The van der Waals surface area contributed by atoms with Crippen molar-refractivity contribution < 1.29 is 9.53 Å². The molecule has 172 valence electrons. The Balaban J connectivity index is 1.93. The Kier molecular flexibility index (Phi) is 7.35. The molecule has 3 rings (SSSR count). The number of nitrogens with one attached hydrogen (secondary N) is 1. The molecule has 1 N–H and O–H groups in total. The molecule has 0 aromatic carbocycles. The number of imidazole rings is 1. The maximum absolute atomic E-state index is 12.9. The first-order valence-corrected chi connectivity index (χ1v) is 11.4. The molecule has 1 fully saturated rings. The summed E-state index contributed by atoms with van der Waals surface area (Å²) >= 11 is 0.